The molecular formula is C16H22N2O3. The molecule has 1 saturated heterocycles. The van der Waals surface area contributed by atoms with Crippen LogP contribution in [0.3, 0.4) is 0 Å². The van der Waals surface area contributed by atoms with Crippen LogP contribution in [0.1, 0.15) is 46.9 Å². The number of nitrogen functional groups attached to an aromatic ring is 1. The van der Waals surface area contributed by atoms with Gasteiger partial charge in [0.25, 0.3) is 0 Å². The fourth-order valence-electron chi connectivity index (χ4n) is 2.59. The zero-order valence-corrected chi connectivity index (χ0v) is 12.4. The first kappa shape index (κ1) is 15.5. The summed E-state index contributed by atoms with van der Waals surface area (Å²) < 4.78 is 5.00. The quantitative estimate of drug-likeness (QED) is 0.511. The van der Waals surface area contributed by atoms with Crippen molar-refractivity contribution < 1.29 is 14.3 Å². The van der Waals surface area contributed by atoms with E-state index in [1.54, 1.807) is 25.1 Å². The molecule has 21 heavy (non-hydrogen) atoms. The molecule has 0 amide bonds. The van der Waals surface area contributed by atoms with Gasteiger partial charge in [0.1, 0.15) is 0 Å². The van der Waals surface area contributed by atoms with Gasteiger partial charge in [-0.25, -0.2) is 4.79 Å². The first-order valence-electron chi connectivity index (χ1n) is 7.44. The zero-order chi connectivity index (χ0) is 15.2. The number of ether oxygens (including phenoxy) is 1. The second-order valence-corrected chi connectivity index (χ2v) is 5.29. The highest BCUT2D eigenvalue weighted by atomic mass is 16.5. The summed E-state index contributed by atoms with van der Waals surface area (Å²) in [4.78, 5) is 26.6. The number of piperidine rings is 1. The number of esters is 1. The van der Waals surface area contributed by atoms with Gasteiger partial charge >= 0.3 is 5.97 Å². The lowest BCUT2D eigenvalue weighted by Gasteiger charge is -2.25. The SMILES string of the molecule is CCOC(=O)c1ccc(N)cc1C(=O)CN1CCCCC1. The normalized spacial score (nSPS) is 15.7. The fourth-order valence-corrected chi connectivity index (χ4v) is 2.59. The summed E-state index contributed by atoms with van der Waals surface area (Å²) in [7, 11) is 0. The highest BCUT2D eigenvalue weighted by Crippen LogP contribution is 2.17. The molecule has 114 valence electrons. The lowest BCUT2D eigenvalue weighted by atomic mass is 10.0. The summed E-state index contributed by atoms with van der Waals surface area (Å²) in [6.45, 7) is 4.22. The van der Waals surface area contributed by atoms with Crippen molar-refractivity contribution in [2.45, 2.75) is 26.2 Å². The number of Topliss-reactive ketones (excluding diaryl/α,β-unsaturated/α-hetero) is 1. The largest absolute Gasteiger partial charge is 0.462 e. The molecule has 1 aromatic rings. The van der Waals surface area contributed by atoms with Crippen LogP contribution >= 0.6 is 0 Å². The molecule has 2 rings (SSSR count). The summed E-state index contributed by atoms with van der Waals surface area (Å²) in [5.41, 5.74) is 6.89. The van der Waals surface area contributed by atoms with Crippen molar-refractivity contribution in [3.63, 3.8) is 0 Å². The Morgan fingerprint density at radius 2 is 1.90 bits per heavy atom. The first-order chi connectivity index (χ1) is 10.1. The van der Waals surface area contributed by atoms with E-state index in [0.717, 1.165) is 25.9 Å². The van der Waals surface area contributed by atoms with E-state index in [0.29, 0.717) is 23.4 Å². The summed E-state index contributed by atoms with van der Waals surface area (Å²) in [5, 5.41) is 0. The summed E-state index contributed by atoms with van der Waals surface area (Å²) in [6, 6.07) is 4.75. The highest BCUT2D eigenvalue weighted by molar-refractivity contribution is 6.07. The number of rotatable bonds is 5. The molecular weight excluding hydrogens is 268 g/mol. The Bertz CT molecular complexity index is 522. The molecule has 1 aliphatic heterocycles. The minimum absolute atomic E-state index is 0.0766. The van der Waals surface area contributed by atoms with Crippen LogP contribution in [0.4, 0.5) is 5.69 Å². The van der Waals surface area contributed by atoms with E-state index >= 15 is 0 Å². The Balaban J connectivity index is 2.17. The maximum absolute atomic E-state index is 12.5. The number of carbonyl (C=O) groups excluding carboxylic acids is 2. The monoisotopic (exact) mass is 290 g/mol. The Morgan fingerprint density at radius 1 is 1.19 bits per heavy atom. The Kier molecular flexibility index (Phi) is 5.33. The molecule has 5 nitrogen and oxygen atoms in total. The minimum Gasteiger partial charge on any atom is -0.462 e. The van der Waals surface area contributed by atoms with Crippen molar-refractivity contribution in [1.82, 2.24) is 4.90 Å². The van der Waals surface area contributed by atoms with Gasteiger partial charge in [-0.05, 0) is 51.1 Å². The number of nitrogens with zero attached hydrogens (tertiary/aromatic N) is 1. The van der Waals surface area contributed by atoms with Crippen LogP contribution < -0.4 is 5.73 Å². The molecule has 0 saturated carbocycles. The lowest BCUT2D eigenvalue weighted by Crippen LogP contribution is -2.35. The second kappa shape index (κ2) is 7.22. The van der Waals surface area contributed by atoms with Crippen LogP contribution in [0.25, 0.3) is 0 Å². The van der Waals surface area contributed by atoms with Crippen LogP contribution in [0.15, 0.2) is 18.2 Å². The summed E-state index contributed by atoms with van der Waals surface area (Å²) in [5.74, 6) is -0.549. The molecule has 0 radical (unpaired) electrons. The third kappa shape index (κ3) is 4.04. The molecule has 0 unspecified atom stereocenters. The number of benzene rings is 1. The lowest BCUT2D eigenvalue weighted by molar-refractivity contribution is 0.0522. The smallest absolute Gasteiger partial charge is 0.338 e. The van der Waals surface area contributed by atoms with Crippen LogP contribution in [0.2, 0.25) is 0 Å². The van der Waals surface area contributed by atoms with E-state index in [9.17, 15) is 9.59 Å². The molecule has 0 bridgehead atoms. The van der Waals surface area contributed by atoms with Gasteiger partial charge in [0.2, 0.25) is 0 Å². The van der Waals surface area contributed by atoms with Crippen molar-refractivity contribution in [2.24, 2.45) is 0 Å². The maximum Gasteiger partial charge on any atom is 0.338 e. The first-order valence-corrected chi connectivity index (χ1v) is 7.44. The van der Waals surface area contributed by atoms with Crippen molar-refractivity contribution >= 4 is 17.4 Å². The number of hydrogen-bond acceptors (Lipinski definition) is 5. The number of hydrogen-bond donors (Lipinski definition) is 1. The number of anilines is 1. The number of carbonyl (C=O) groups is 2. The molecule has 0 aromatic heterocycles. The van der Waals surface area contributed by atoms with Gasteiger partial charge in [-0.1, -0.05) is 6.42 Å². The van der Waals surface area contributed by atoms with Gasteiger partial charge < -0.3 is 10.5 Å². The topological polar surface area (TPSA) is 72.6 Å². The standard InChI is InChI=1S/C16H22N2O3/c1-2-21-16(20)13-7-6-12(17)10-14(13)15(19)11-18-8-4-3-5-9-18/h6-7,10H,2-5,8-9,11,17H2,1H3. The number of ketones is 1. The van der Waals surface area contributed by atoms with Crippen molar-refractivity contribution in [3.8, 4) is 0 Å². The Hall–Kier alpha value is -1.88. The van der Waals surface area contributed by atoms with Crippen molar-refractivity contribution in [3.05, 3.63) is 29.3 Å². The fraction of sp³-hybridized carbons (Fsp3) is 0.500. The molecule has 1 aliphatic rings. The molecule has 0 spiro atoms. The van der Waals surface area contributed by atoms with Crippen molar-refractivity contribution in [2.75, 3.05) is 32.0 Å². The van der Waals surface area contributed by atoms with Gasteiger partial charge in [-0.3, -0.25) is 9.69 Å². The molecule has 1 heterocycles. The van der Waals surface area contributed by atoms with Crippen LogP contribution in [-0.2, 0) is 4.74 Å². The summed E-state index contributed by atoms with van der Waals surface area (Å²) in [6.07, 6.45) is 3.46. The third-order valence-corrected chi connectivity index (χ3v) is 3.66. The van der Waals surface area contributed by atoms with E-state index in [1.165, 1.54) is 6.42 Å². The van der Waals surface area contributed by atoms with E-state index in [4.69, 9.17) is 10.5 Å². The van der Waals surface area contributed by atoms with Crippen LogP contribution in [-0.4, -0.2) is 42.9 Å². The predicted molar refractivity (Wildman–Crippen MR) is 81.4 cm³/mol. The van der Waals surface area contributed by atoms with E-state index in [2.05, 4.69) is 4.90 Å². The Morgan fingerprint density at radius 3 is 2.57 bits per heavy atom. The molecule has 1 aromatic carbocycles. The van der Waals surface area contributed by atoms with Crippen LogP contribution in [0.5, 0.6) is 0 Å². The van der Waals surface area contributed by atoms with Gasteiger partial charge in [0.05, 0.1) is 18.7 Å². The van der Waals surface area contributed by atoms with E-state index < -0.39 is 5.97 Å². The highest BCUT2D eigenvalue weighted by Gasteiger charge is 2.21. The molecule has 1 fully saturated rings. The average Bonchev–Trinajstić information content (AvgIpc) is 2.48. The van der Waals surface area contributed by atoms with Gasteiger partial charge in [-0.2, -0.15) is 0 Å². The van der Waals surface area contributed by atoms with Crippen molar-refractivity contribution in [1.29, 1.82) is 0 Å². The maximum atomic E-state index is 12.5. The number of nitrogens with two attached hydrogens (primary N) is 1. The van der Waals surface area contributed by atoms with Gasteiger partial charge in [0.15, 0.2) is 5.78 Å². The summed E-state index contributed by atoms with van der Waals surface area (Å²) >= 11 is 0. The average molecular weight is 290 g/mol. The predicted octanol–water partition coefficient (Wildman–Crippen LogP) is 2.11. The molecule has 5 heteroatoms. The van der Waals surface area contributed by atoms with E-state index in [-0.39, 0.29) is 12.4 Å². The third-order valence-electron chi connectivity index (χ3n) is 3.66. The minimum atomic E-state index is -0.473. The number of likely N-dealkylation sites (tertiary alicyclic amines) is 1. The van der Waals surface area contributed by atoms with Gasteiger partial charge in [0, 0.05) is 11.3 Å². The van der Waals surface area contributed by atoms with E-state index in [1.807, 2.05) is 0 Å². The second-order valence-electron chi connectivity index (χ2n) is 5.29. The zero-order valence-electron chi connectivity index (χ0n) is 12.4. The molecule has 0 atom stereocenters. The van der Waals surface area contributed by atoms with Gasteiger partial charge in [-0.15, -0.1) is 0 Å². The van der Waals surface area contributed by atoms with Crippen LogP contribution in [0, 0.1) is 0 Å². The molecule has 2 N–H and O–H groups in total. The molecule has 0 aliphatic carbocycles. The Labute approximate surface area is 125 Å².